The number of carbonyl (C=O) groups is 12. The van der Waals surface area contributed by atoms with Gasteiger partial charge in [-0.3, -0.25) is 58.7 Å². The molecule has 0 heterocycles. The zero-order valence-electron chi connectivity index (χ0n) is 73.7. The number of rotatable bonds is 27. The summed E-state index contributed by atoms with van der Waals surface area (Å²) in [5.74, 6) is -5.91. The molecule has 18 N–H and O–H groups in total. The molecule has 0 aliphatic heterocycles. The molecule has 0 spiro atoms. The van der Waals surface area contributed by atoms with Gasteiger partial charge in [0.2, 0.25) is 0 Å². The van der Waals surface area contributed by atoms with Crippen molar-refractivity contribution in [2.75, 3.05) is 0 Å². The van der Waals surface area contributed by atoms with E-state index >= 15 is 0 Å². The first-order valence-corrected chi connectivity index (χ1v) is 41.6. The van der Waals surface area contributed by atoms with Crippen LogP contribution in [0.15, 0.2) is 100 Å². The fourth-order valence-electron chi connectivity index (χ4n) is 15.6. The summed E-state index contributed by atoms with van der Waals surface area (Å²) in [7, 11) is 0. The highest BCUT2D eigenvalue weighted by Gasteiger charge is 2.52. The second kappa shape index (κ2) is 45.8. The van der Waals surface area contributed by atoms with E-state index in [-0.39, 0.29) is 168 Å². The minimum absolute atomic E-state index is 0.00276. The van der Waals surface area contributed by atoms with E-state index < -0.39 is 58.9 Å². The van der Waals surface area contributed by atoms with Crippen molar-refractivity contribution in [3.63, 3.8) is 0 Å². The van der Waals surface area contributed by atoms with Crippen LogP contribution >= 0.6 is 0 Å². The van der Waals surface area contributed by atoms with E-state index in [1.807, 2.05) is 48.5 Å². The number of nitrogens with zero attached hydrogens (tertiary/aromatic N) is 6. The van der Waals surface area contributed by atoms with Crippen LogP contribution in [0, 0.1) is 44.8 Å². The van der Waals surface area contributed by atoms with Crippen LogP contribution in [-0.2, 0) is 57.5 Å². The highest BCUT2D eigenvalue weighted by atomic mass is 19.4. The number of aliphatic carboxylic acids is 6. The van der Waals surface area contributed by atoms with Crippen LogP contribution in [0.3, 0.4) is 0 Å². The molecule has 0 atom stereocenters. The molecule has 0 aromatic rings. The predicted molar refractivity (Wildman–Crippen MR) is 459 cm³/mol. The van der Waals surface area contributed by atoms with Crippen molar-refractivity contribution in [3.8, 4) is 0 Å². The summed E-state index contributed by atoms with van der Waals surface area (Å²) in [4.78, 5) is 162. The Labute approximate surface area is 712 Å². The van der Waals surface area contributed by atoms with Gasteiger partial charge in [-0.1, -0.05) is 48.5 Å². The van der Waals surface area contributed by atoms with Gasteiger partial charge in [-0.15, -0.1) is 0 Å². The monoisotopic (exact) mass is 1720 g/mol. The minimum Gasteiger partial charge on any atom is -0.478 e. The molecule has 0 aromatic carbocycles. The van der Waals surface area contributed by atoms with E-state index in [2.05, 4.69) is 25.0 Å². The average molecular weight is 1720 g/mol. The van der Waals surface area contributed by atoms with Gasteiger partial charge in [-0.25, -0.2) is 33.2 Å². The molecule has 0 unspecified atom stereocenters. The van der Waals surface area contributed by atoms with Gasteiger partial charge in [0.05, 0.1) is 81.3 Å². The SMILES string of the molecule is CC(=O)C1(C)CC(N=C(C)C(=CN)C(=O)O)C1.CC(=O)C1(C)CCC(N=C(C(=CN)C(=O)O)C(C)C)CC1.CC(=O)C1(C)CCC(N=C(C(=CN)C(=O)O)C2(F)CC2)CC1.CC(=O)C1(C)CCC(N=C(C(=CN)C(=O)O)C2CC2)CC1.CC(=O)C1(C)CCC(N=C(C)C(=CN)C(=O)O)CC1.CC(=O)C1CCC(N=C(C)C(C(=O)O)=C(N)C(F)(F)F)CC1. The molecule has 8 saturated carbocycles. The molecule has 122 heavy (non-hydrogen) atoms. The number of carboxylic acid groups (broad SMARTS) is 6. The van der Waals surface area contributed by atoms with E-state index in [0.29, 0.717) is 87.1 Å². The van der Waals surface area contributed by atoms with Crippen molar-refractivity contribution in [2.24, 2.45) is 109 Å². The fraction of sp³-hybridized carbons (Fsp3) is 0.659. The topological polar surface area (TPSA) is 556 Å². The predicted octanol–water partition coefficient (Wildman–Crippen LogP) is 12.7. The third kappa shape index (κ3) is 30.7. The Morgan fingerprint density at radius 3 is 0.910 bits per heavy atom. The van der Waals surface area contributed by atoms with Crippen LogP contribution in [0.25, 0.3) is 0 Å². The minimum atomic E-state index is -4.92. The van der Waals surface area contributed by atoms with Crippen molar-refractivity contribution in [1.82, 2.24) is 0 Å². The number of alkyl halides is 4. The second-order valence-corrected chi connectivity index (χ2v) is 35.3. The number of hydrogen-bond acceptors (Lipinski definition) is 24. The van der Waals surface area contributed by atoms with Crippen molar-refractivity contribution in [1.29, 1.82) is 0 Å². The molecule has 8 fully saturated rings. The number of aliphatic imine (C=N–C) groups is 6. The van der Waals surface area contributed by atoms with Crippen LogP contribution in [0.5, 0.6) is 0 Å². The zero-order chi connectivity index (χ0) is 93.3. The maximum absolute atomic E-state index is 14.5. The summed E-state index contributed by atoms with van der Waals surface area (Å²) in [6.45, 7) is 27.8. The highest BCUT2D eigenvalue weighted by molar-refractivity contribution is 6.24. The third-order valence-corrected chi connectivity index (χ3v) is 25.6. The summed E-state index contributed by atoms with van der Waals surface area (Å²) in [6.07, 6.45) is 19.1. The smallest absolute Gasteiger partial charge is 0.431 e. The number of hydrogen-bond donors (Lipinski definition) is 12. The molecule has 0 aromatic heterocycles. The molecule has 0 bridgehead atoms. The summed E-state index contributed by atoms with van der Waals surface area (Å²) < 4.78 is 52.3. The van der Waals surface area contributed by atoms with Gasteiger partial charge in [0.15, 0.2) is 5.67 Å². The standard InChI is InChI=1S/C16H23FN2O3.C16H24N2O3.C16H26N2O3.C14H19F3N2O3.C14H22N2O3.C12H18N2O3/c1-10(20)15(2)5-3-11(4-6-15)19-13(16(17)7-8-16)12(9-18)14(21)22;1-10(19)16(2)7-5-12(6-8-16)18-14(11-3-4-11)13(9-17)15(20)21;1-10(2)14(13(9-17)15(20)21)18-12-5-7-16(4,8-6-12)11(3)19;1-7(11(13(21)22)12(18)14(15,16)17)19-10-5-3-9(4-6-10)8(2)20;1-9(12(8-15)13(18)19)16-11-4-6-14(3,7-5-11)10(2)17;1-7(10(6-13)11(16)17)14-9-4-12(3,5-9)8(2)15/h9,11H,3-8,18H2,1-2H3,(H,21,22);9,11-12H,3-8,17H2,1-2H3,(H,20,21);9-10,12H,5-8,17H2,1-4H3,(H,20,21);9-10H,3-6,18H2,1-2H3,(H,21,22);8,11H,4-7,15H2,1-3H3,(H,18,19);6,9H,4-5,13H2,1-3H3,(H,16,17). The lowest BCUT2D eigenvalue weighted by atomic mass is 9.65. The quantitative estimate of drug-likeness (QED) is 0.0206. The summed E-state index contributed by atoms with van der Waals surface area (Å²) >= 11 is 0. The van der Waals surface area contributed by atoms with Gasteiger partial charge in [-0.05, 0) is 235 Å². The maximum atomic E-state index is 14.5. The molecular formula is C88H132F4N12O18. The molecule has 8 aliphatic rings. The molecule has 0 amide bonds. The molecule has 30 nitrogen and oxygen atoms in total. The Balaban J connectivity index is 0.000000379. The Morgan fingerprint density at radius 2 is 0.639 bits per heavy atom. The number of carbonyl (C=O) groups excluding carboxylic acids is 6. The van der Waals surface area contributed by atoms with E-state index in [0.717, 1.165) is 121 Å². The number of Topliss-reactive ketones (excluding diaryl/α,β-unsaturated/α-hetero) is 6. The number of ketones is 6. The van der Waals surface area contributed by atoms with Gasteiger partial charge in [0, 0.05) is 87.0 Å². The Morgan fingerprint density at radius 1 is 0.352 bits per heavy atom. The molecule has 0 saturated heterocycles. The Bertz CT molecular complexity index is 4150. The molecule has 8 rings (SSSR count). The van der Waals surface area contributed by atoms with E-state index in [1.54, 1.807) is 48.5 Å². The van der Waals surface area contributed by atoms with Crippen LogP contribution in [0.1, 0.15) is 278 Å². The first-order valence-electron chi connectivity index (χ1n) is 41.6. The molecule has 680 valence electrons. The lowest BCUT2D eigenvalue weighted by molar-refractivity contribution is -0.134. The Kier molecular flexibility index (Phi) is 39.8. The summed E-state index contributed by atoms with van der Waals surface area (Å²) in [5, 5.41) is 54.4. The van der Waals surface area contributed by atoms with Crippen molar-refractivity contribution in [3.05, 3.63) is 70.1 Å². The van der Waals surface area contributed by atoms with Crippen LogP contribution in [0.4, 0.5) is 17.6 Å². The third-order valence-electron chi connectivity index (χ3n) is 25.6. The van der Waals surface area contributed by atoms with Gasteiger partial charge < -0.3 is 65.0 Å². The molecule has 0 radical (unpaired) electrons. The largest absolute Gasteiger partial charge is 0.478 e. The van der Waals surface area contributed by atoms with Crippen LogP contribution in [-0.4, -0.2) is 184 Å². The van der Waals surface area contributed by atoms with E-state index in [9.17, 15) is 90.4 Å². The van der Waals surface area contributed by atoms with Crippen LogP contribution in [0.2, 0.25) is 0 Å². The average Bonchev–Trinajstić information content (AvgIpc) is 1.56. The van der Waals surface area contributed by atoms with E-state index in [1.165, 1.54) is 13.8 Å². The summed E-state index contributed by atoms with van der Waals surface area (Å²) in [5.41, 5.74) is 27.8. The van der Waals surface area contributed by atoms with Crippen molar-refractivity contribution in [2.45, 2.75) is 326 Å². The number of nitrogens with two attached hydrogens (primary N) is 6. The first kappa shape index (κ1) is 106. The van der Waals surface area contributed by atoms with Crippen molar-refractivity contribution >= 4 is 105 Å². The Hall–Kier alpha value is -10.2. The van der Waals surface area contributed by atoms with Crippen molar-refractivity contribution < 1.29 is 106 Å². The number of allylic oxidation sites excluding steroid dienone is 1. The van der Waals surface area contributed by atoms with Crippen LogP contribution < -0.4 is 34.4 Å². The molecule has 34 heteroatoms. The zero-order valence-corrected chi connectivity index (χ0v) is 73.7. The lowest BCUT2D eigenvalue weighted by Gasteiger charge is -2.41. The maximum Gasteiger partial charge on any atom is 0.431 e. The lowest BCUT2D eigenvalue weighted by Crippen LogP contribution is -2.43. The molecular weight excluding hydrogens is 1590 g/mol. The fourth-order valence-corrected chi connectivity index (χ4v) is 15.6. The highest BCUT2D eigenvalue weighted by Crippen LogP contribution is 2.47. The molecule has 8 aliphatic carbocycles. The summed E-state index contributed by atoms with van der Waals surface area (Å²) in [6, 6.07) is -0.137. The normalized spacial score (nSPS) is 29.0. The van der Waals surface area contributed by atoms with Gasteiger partial charge >= 0.3 is 42.0 Å². The second-order valence-electron chi connectivity index (χ2n) is 35.3. The number of carboxylic acids is 6. The van der Waals surface area contributed by atoms with Gasteiger partial charge in [0.1, 0.15) is 46.0 Å². The van der Waals surface area contributed by atoms with Gasteiger partial charge in [0.25, 0.3) is 0 Å². The van der Waals surface area contributed by atoms with Gasteiger partial charge in [-0.2, -0.15) is 13.2 Å². The van der Waals surface area contributed by atoms with E-state index in [4.69, 9.17) is 54.7 Å². The first-order chi connectivity index (χ1) is 56.4. The number of halogens is 4.